The predicted molar refractivity (Wildman–Crippen MR) is 88.4 cm³/mol. The highest BCUT2D eigenvalue weighted by Gasteiger charge is 2.27. The number of nitrogens with zero attached hydrogens (tertiary/aromatic N) is 1. The lowest BCUT2D eigenvalue weighted by Crippen LogP contribution is -2.48. The first-order valence-corrected chi connectivity index (χ1v) is 8.28. The molecular weight excluding hydrogens is 296 g/mol. The molecule has 0 radical (unpaired) electrons. The van der Waals surface area contributed by atoms with E-state index in [2.05, 4.69) is 11.4 Å². The van der Waals surface area contributed by atoms with Gasteiger partial charge < -0.3 is 10.2 Å². The minimum absolute atomic E-state index is 0.0583. The number of amides is 2. The molecule has 5 heteroatoms. The van der Waals surface area contributed by atoms with Crippen molar-refractivity contribution in [3.05, 3.63) is 52.2 Å². The molecular formula is C17H18N2O2S. The highest BCUT2D eigenvalue weighted by Crippen LogP contribution is 2.27. The number of fused-ring (bicyclic) bond motifs is 1. The zero-order valence-corrected chi connectivity index (χ0v) is 13.2. The van der Waals surface area contributed by atoms with Gasteiger partial charge >= 0.3 is 0 Å². The van der Waals surface area contributed by atoms with Crippen LogP contribution < -0.4 is 10.2 Å². The molecule has 0 saturated heterocycles. The van der Waals surface area contributed by atoms with Gasteiger partial charge in [-0.15, -0.1) is 11.3 Å². The molecule has 1 aromatic carbocycles. The van der Waals surface area contributed by atoms with Gasteiger partial charge in [0.05, 0.1) is 4.88 Å². The van der Waals surface area contributed by atoms with Gasteiger partial charge in [0.1, 0.15) is 6.04 Å². The van der Waals surface area contributed by atoms with E-state index in [9.17, 15) is 9.59 Å². The number of aryl methyl sites for hydroxylation is 1. The Kier molecular flexibility index (Phi) is 4.24. The van der Waals surface area contributed by atoms with Gasteiger partial charge in [-0.2, -0.15) is 0 Å². The van der Waals surface area contributed by atoms with Crippen LogP contribution in [0.25, 0.3) is 0 Å². The molecule has 1 N–H and O–H groups in total. The third-order valence-corrected chi connectivity index (χ3v) is 4.71. The molecule has 0 bridgehead atoms. The maximum Gasteiger partial charge on any atom is 0.261 e. The normalized spacial score (nSPS) is 15.0. The number of carbonyl (C=O) groups excluding carboxylic acids is 2. The van der Waals surface area contributed by atoms with Crippen molar-refractivity contribution >= 4 is 28.8 Å². The molecule has 4 nitrogen and oxygen atoms in total. The van der Waals surface area contributed by atoms with Gasteiger partial charge in [0.2, 0.25) is 5.91 Å². The van der Waals surface area contributed by atoms with Crippen LogP contribution in [0.5, 0.6) is 0 Å². The quantitative estimate of drug-likeness (QED) is 0.947. The first-order valence-electron chi connectivity index (χ1n) is 7.40. The zero-order valence-electron chi connectivity index (χ0n) is 12.4. The van der Waals surface area contributed by atoms with E-state index in [0.717, 1.165) is 18.5 Å². The number of thiophene rings is 1. The molecule has 0 saturated carbocycles. The van der Waals surface area contributed by atoms with Crippen molar-refractivity contribution in [3.63, 3.8) is 0 Å². The number of carbonyl (C=O) groups is 2. The van der Waals surface area contributed by atoms with Crippen molar-refractivity contribution in [1.82, 2.24) is 5.32 Å². The predicted octanol–water partition coefficient (Wildman–Crippen LogP) is 2.85. The highest BCUT2D eigenvalue weighted by atomic mass is 32.1. The lowest BCUT2D eigenvalue weighted by atomic mass is 10.0. The molecule has 22 heavy (non-hydrogen) atoms. The van der Waals surface area contributed by atoms with Gasteiger partial charge in [-0.1, -0.05) is 24.3 Å². The van der Waals surface area contributed by atoms with Crippen LogP contribution in [-0.2, 0) is 11.2 Å². The van der Waals surface area contributed by atoms with Crippen LogP contribution in [0.1, 0.15) is 28.6 Å². The number of hydrogen-bond donors (Lipinski definition) is 1. The average Bonchev–Trinajstić information content (AvgIpc) is 3.08. The van der Waals surface area contributed by atoms with Gasteiger partial charge in [0, 0.05) is 12.2 Å². The molecule has 1 aliphatic rings. The Morgan fingerprint density at radius 2 is 2.05 bits per heavy atom. The van der Waals surface area contributed by atoms with Crippen molar-refractivity contribution in [2.45, 2.75) is 25.8 Å². The Morgan fingerprint density at radius 3 is 2.82 bits per heavy atom. The number of anilines is 1. The molecule has 114 valence electrons. The summed E-state index contributed by atoms with van der Waals surface area (Å²) >= 11 is 1.37. The van der Waals surface area contributed by atoms with Crippen molar-refractivity contribution < 1.29 is 9.59 Å². The fraction of sp³-hybridized carbons (Fsp3) is 0.294. The van der Waals surface area contributed by atoms with Crippen molar-refractivity contribution in [1.29, 1.82) is 0 Å². The van der Waals surface area contributed by atoms with Gasteiger partial charge in [-0.3, -0.25) is 9.59 Å². The Balaban J connectivity index is 1.73. The SMILES string of the molecule is CC(NC(=O)c1cccs1)C(=O)N1CCCc2ccccc21. The van der Waals surface area contributed by atoms with Crippen LogP contribution >= 0.6 is 11.3 Å². The highest BCUT2D eigenvalue weighted by molar-refractivity contribution is 7.12. The summed E-state index contributed by atoms with van der Waals surface area (Å²) < 4.78 is 0. The minimum Gasteiger partial charge on any atom is -0.340 e. The van der Waals surface area contributed by atoms with Crippen LogP contribution in [0.2, 0.25) is 0 Å². The second-order valence-electron chi connectivity index (χ2n) is 5.39. The molecule has 1 aliphatic heterocycles. The molecule has 1 aromatic heterocycles. The van der Waals surface area contributed by atoms with Crippen LogP contribution in [-0.4, -0.2) is 24.4 Å². The first kappa shape index (κ1) is 14.8. The number of para-hydroxylation sites is 1. The topological polar surface area (TPSA) is 49.4 Å². The maximum atomic E-state index is 12.7. The van der Waals surface area contributed by atoms with Crippen LogP contribution in [0.3, 0.4) is 0 Å². The van der Waals surface area contributed by atoms with Crippen LogP contribution in [0.4, 0.5) is 5.69 Å². The van der Waals surface area contributed by atoms with Crippen LogP contribution in [0, 0.1) is 0 Å². The number of rotatable bonds is 3. The first-order chi connectivity index (χ1) is 10.7. The van der Waals surface area contributed by atoms with E-state index in [4.69, 9.17) is 0 Å². The molecule has 2 amide bonds. The van der Waals surface area contributed by atoms with Crippen molar-refractivity contribution in [2.24, 2.45) is 0 Å². The standard InChI is InChI=1S/C17H18N2O2S/c1-12(18-16(20)15-9-5-11-22-15)17(21)19-10-4-7-13-6-2-3-8-14(13)19/h2-3,5-6,8-9,11-12H,4,7,10H2,1H3,(H,18,20). The largest absolute Gasteiger partial charge is 0.340 e. The molecule has 0 fully saturated rings. The fourth-order valence-corrected chi connectivity index (χ4v) is 3.36. The molecule has 1 atom stereocenters. The van der Waals surface area contributed by atoms with E-state index in [-0.39, 0.29) is 11.8 Å². The monoisotopic (exact) mass is 314 g/mol. The molecule has 1 unspecified atom stereocenters. The number of nitrogens with one attached hydrogen (secondary N) is 1. The Morgan fingerprint density at radius 1 is 1.23 bits per heavy atom. The molecule has 0 aliphatic carbocycles. The van der Waals surface area contributed by atoms with Gasteiger partial charge in [-0.25, -0.2) is 0 Å². The second kappa shape index (κ2) is 6.32. The summed E-state index contributed by atoms with van der Waals surface area (Å²) in [6, 6.07) is 11.0. The van der Waals surface area contributed by atoms with E-state index in [0.29, 0.717) is 11.4 Å². The zero-order chi connectivity index (χ0) is 15.5. The van der Waals surface area contributed by atoms with Crippen molar-refractivity contribution in [3.8, 4) is 0 Å². The summed E-state index contributed by atoms with van der Waals surface area (Å²) in [6.45, 7) is 2.44. The molecule has 2 heterocycles. The Hall–Kier alpha value is -2.14. The smallest absolute Gasteiger partial charge is 0.261 e. The van der Waals surface area contributed by atoms with Gasteiger partial charge in [0.15, 0.2) is 0 Å². The summed E-state index contributed by atoms with van der Waals surface area (Å²) in [7, 11) is 0. The van der Waals surface area contributed by atoms with E-state index in [1.54, 1.807) is 17.9 Å². The lowest BCUT2D eigenvalue weighted by molar-refractivity contribution is -0.120. The lowest BCUT2D eigenvalue weighted by Gasteiger charge is -2.31. The van der Waals surface area contributed by atoms with E-state index in [1.165, 1.54) is 16.9 Å². The molecule has 0 spiro atoms. The molecule has 3 rings (SSSR count). The van der Waals surface area contributed by atoms with E-state index < -0.39 is 6.04 Å². The third kappa shape index (κ3) is 2.90. The minimum atomic E-state index is -0.541. The fourth-order valence-electron chi connectivity index (χ4n) is 2.73. The van der Waals surface area contributed by atoms with Gasteiger partial charge in [0.25, 0.3) is 5.91 Å². The number of hydrogen-bond acceptors (Lipinski definition) is 3. The summed E-state index contributed by atoms with van der Waals surface area (Å²) in [6.07, 6.45) is 1.95. The van der Waals surface area contributed by atoms with Crippen LogP contribution in [0.15, 0.2) is 41.8 Å². The maximum absolute atomic E-state index is 12.7. The summed E-state index contributed by atoms with van der Waals surface area (Å²) in [5.74, 6) is -0.252. The summed E-state index contributed by atoms with van der Waals surface area (Å²) in [5.41, 5.74) is 2.16. The Labute approximate surface area is 133 Å². The Bertz CT molecular complexity index is 682. The summed E-state index contributed by atoms with van der Waals surface area (Å²) in [4.78, 5) is 27.2. The molecule has 2 aromatic rings. The third-order valence-electron chi connectivity index (χ3n) is 3.84. The van der Waals surface area contributed by atoms with E-state index in [1.807, 2.05) is 29.6 Å². The van der Waals surface area contributed by atoms with E-state index >= 15 is 0 Å². The van der Waals surface area contributed by atoms with Crippen molar-refractivity contribution in [2.75, 3.05) is 11.4 Å². The second-order valence-corrected chi connectivity index (χ2v) is 6.34. The average molecular weight is 314 g/mol. The van der Waals surface area contributed by atoms with Gasteiger partial charge in [-0.05, 0) is 42.8 Å². The summed E-state index contributed by atoms with van der Waals surface area (Å²) in [5, 5.41) is 4.64. The number of benzene rings is 1.